The first-order valence-electron chi connectivity index (χ1n) is 6.68. The van der Waals surface area contributed by atoms with Crippen LogP contribution in [-0.2, 0) is 14.3 Å². The molecule has 4 heteroatoms. The highest BCUT2D eigenvalue weighted by atomic mass is 16.6. The van der Waals surface area contributed by atoms with Gasteiger partial charge in [0.25, 0.3) is 0 Å². The molecule has 0 aromatic heterocycles. The lowest BCUT2D eigenvalue weighted by molar-refractivity contribution is -0.157. The summed E-state index contributed by atoms with van der Waals surface area (Å²) in [5.74, 6) is -0.163. The van der Waals surface area contributed by atoms with E-state index in [0.29, 0.717) is 19.4 Å². The second-order valence-corrected chi connectivity index (χ2v) is 6.24. The summed E-state index contributed by atoms with van der Waals surface area (Å²) in [6.07, 6.45) is 1.88. The van der Waals surface area contributed by atoms with E-state index < -0.39 is 0 Å². The Morgan fingerprint density at radius 1 is 1.28 bits per heavy atom. The molecule has 2 N–H and O–H groups in total. The van der Waals surface area contributed by atoms with Crippen LogP contribution in [0.15, 0.2) is 0 Å². The molecule has 1 atom stereocenters. The molecule has 0 aliphatic rings. The lowest BCUT2D eigenvalue weighted by Crippen LogP contribution is -2.38. The second-order valence-electron chi connectivity index (χ2n) is 6.24. The first kappa shape index (κ1) is 17.4. The van der Waals surface area contributed by atoms with E-state index >= 15 is 0 Å². The van der Waals surface area contributed by atoms with E-state index in [1.165, 1.54) is 0 Å². The van der Waals surface area contributed by atoms with Crippen molar-refractivity contribution in [1.82, 2.24) is 0 Å². The van der Waals surface area contributed by atoms with Crippen molar-refractivity contribution in [2.24, 2.45) is 5.73 Å². The molecule has 108 valence electrons. The predicted molar refractivity (Wildman–Crippen MR) is 73.4 cm³/mol. The number of nitrogens with two attached hydrogens (primary N) is 1. The van der Waals surface area contributed by atoms with Gasteiger partial charge in [-0.15, -0.1) is 0 Å². The topological polar surface area (TPSA) is 61.5 Å². The summed E-state index contributed by atoms with van der Waals surface area (Å²) >= 11 is 0. The summed E-state index contributed by atoms with van der Waals surface area (Å²) in [5, 5.41) is 0. The van der Waals surface area contributed by atoms with E-state index in [-0.39, 0.29) is 23.2 Å². The van der Waals surface area contributed by atoms with Gasteiger partial charge in [-0.25, -0.2) is 0 Å². The minimum Gasteiger partial charge on any atom is -0.460 e. The average molecular weight is 259 g/mol. The van der Waals surface area contributed by atoms with Crippen LogP contribution >= 0.6 is 0 Å². The fraction of sp³-hybridized carbons (Fsp3) is 0.929. The fourth-order valence-electron chi connectivity index (χ4n) is 1.19. The molecular formula is C14H29NO3. The van der Waals surface area contributed by atoms with Gasteiger partial charge in [0.1, 0.15) is 5.60 Å². The van der Waals surface area contributed by atoms with Gasteiger partial charge < -0.3 is 15.2 Å². The Labute approximate surface area is 111 Å². The first-order chi connectivity index (χ1) is 8.06. The molecule has 0 aliphatic heterocycles. The summed E-state index contributed by atoms with van der Waals surface area (Å²) in [6.45, 7) is 12.1. The van der Waals surface area contributed by atoms with E-state index in [1.54, 1.807) is 0 Å². The molecule has 0 bridgehead atoms. The van der Waals surface area contributed by atoms with Crippen molar-refractivity contribution in [3.05, 3.63) is 0 Å². The number of hydrogen-bond acceptors (Lipinski definition) is 4. The third-order valence-electron chi connectivity index (χ3n) is 2.74. The molecule has 0 rings (SSSR count). The van der Waals surface area contributed by atoms with Gasteiger partial charge in [0.15, 0.2) is 0 Å². The van der Waals surface area contributed by atoms with Crippen LogP contribution in [0.4, 0.5) is 0 Å². The number of rotatable bonds is 8. The lowest BCUT2D eigenvalue weighted by Gasteiger charge is -2.24. The number of carbonyl (C=O) groups is 1. The second kappa shape index (κ2) is 7.10. The van der Waals surface area contributed by atoms with Crippen LogP contribution < -0.4 is 5.73 Å². The molecule has 18 heavy (non-hydrogen) atoms. The number of hydrogen-bond donors (Lipinski definition) is 1. The molecule has 0 heterocycles. The van der Waals surface area contributed by atoms with Gasteiger partial charge >= 0.3 is 5.97 Å². The molecule has 1 unspecified atom stereocenters. The van der Waals surface area contributed by atoms with Crippen LogP contribution in [0.3, 0.4) is 0 Å². The molecule has 4 nitrogen and oxygen atoms in total. The normalized spacial score (nSPS) is 14.4. The van der Waals surface area contributed by atoms with Crippen LogP contribution in [0, 0.1) is 0 Å². The highest BCUT2D eigenvalue weighted by Crippen LogP contribution is 2.15. The maximum absolute atomic E-state index is 11.6. The number of ether oxygens (including phenoxy) is 2. The molecule has 0 aromatic rings. The van der Waals surface area contributed by atoms with Crippen molar-refractivity contribution in [3.63, 3.8) is 0 Å². The Morgan fingerprint density at radius 2 is 1.83 bits per heavy atom. The molecule has 0 aromatic carbocycles. The Bertz CT molecular complexity index is 256. The van der Waals surface area contributed by atoms with Crippen LogP contribution in [-0.4, -0.2) is 29.8 Å². The standard InChI is InChI=1S/C14H29NO3/c1-7-14(5,6)18-12(16)9-8-11(2)17-10-13(3,4)15/h11H,7-10,15H2,1-6H3. The van der Waals surface area contributed by atoms with Crippen molar-refractivity contribution in [2.45, 2.75) is 78.0 Å². The monoisotopic (exact) mass is 259 g/mol. The molecular weight excluding hydrogens is 230 g/mol. The maximum Gasteiger partial charge on any atom is 0.306 e. The quantitative estimate of drug-likeness (QED) is 0.681. The lowest BCUT2D eigenvalue weighted by atomic mass is 10.1. The minimum atomic E-state index is -0.375. The zero-order chi connectivity index (χ0) is 14.4. The van der Waals surface area contributed by atoms with E-state index in [9.17, 15) is 4.79 Å². The van der Waals surface area contributed by atoms with Crippen LogP contribution in [0.5, 0.6) is 0 Å². The van der Waals surface area contributed by atoms with E-state index in [1.807, 2.05) is 41.5 Å². The fourth-order valence-corrected chi connectivity index (χ4v) is 1.19. The van der Waals surface area contributed by atoms with Crippen molar-refractivity contribution < 1.29 is 14.3 Å². The molecule has 0 saturated carbocycles. The molecule has 0 saturated heterocycles. The molecule has 0 fully saturated rings. The van der Waals surface area contributed by atoms with Gasteiger partial charge in [-0.05, 0) is 47.5 Å². The van der Waals surface area contributed by atoms with Crippen LogP contribution in [0.1, 0.15) is 60.8 Å². The van der Waals surface area contributed by atoms with Crippen molar-refractivity contribution >= 4 is 5.97 Å². The van der Waals surface area contributed by atoms with Gasteiger partial charge in [0.05, 0.1) is 12.7 Å². The summed E-state index contributed by atoms with van der Waals surface area (Å²) in [4.78, 5) is 11.6. The average Bonchev–Trinajstić information content (AvgIpc) is 2.22. The SMILES string of the molecule is CCC(C)(C)OC(=O)CCC(C)OCC(C)(C)N. The number of esters is 1. The van der Waals surface area contributed by atoms with E-state index in [0.717, 1.165) is 6.42 Å². The summed E-state index contributed by atoms with van der Waals surface area (Å²) in [6, 6.07) is 0. The van der Waals surface area contributed by atoms with Gasteiger partial charge in [0, 0.05) is 12.0 Å². The van der Waals surface area contributed by atoms with Gasteiger partial charge in [-0.1, -0.05) is 6.92 Å². The molecule has 0 spiro atoms. The third kappa shape index (κ3) is 9.42. The van der Waals surface area contributed by atoms with Gasteiger partial charge in [-0.2, -0.15) is 0 Å². The maximum atomic E-state index is 11.6. The third-order valence-corrected chi connectivity index (χ3v) is 2.74. The minimum absolute atomic E-state index is 0.0186. The highest BCUT2D eigenvalue weighted by Gasteiger charge is 2.21. The Hall–Kier alpha value is -0.610. The summed E-state index contributed by atoms with van der Waals surface area (Å²) in [5.41, 5.74) is 5.12. The zero-order valence-corrected chi connectivity index (χ0v) is 12.7. The van der Waals surface area contributed by atoms with Crippen molar-refractivity contribution in [3.8, 4) is 0 Å². The van der Waals surface area contributed by atoms with Gasteiger partial charge in [-0.3, -0.25) is 4.79 Å². The van der Waals surface area contributed by atoms with Crippen molar-refractivity contribution in [1.29, 1.82) is 0 Å². The summed E-state index contributed by atoms with van der Waals surface area (Å²) < 4.78 is 10.9. The molecule has 0 aliphatic carbocycles. The van der Waals surface area contributed by atoms with E-state index in [2.05, 4.69) is 0 Å². The van der Waals surface area contributed by atoms with Crippen molar-refractivity contribution in [2.75, 3.05) is 6.61 Å². The predicted octanol–water partition coefficient (Wildman–Crippen LogP) is 2.64. The van der Waals surface area contributed by atoms with Crippen LogP contribution in [0.25, 0.3) is 0 Å². The Morgan fingerprint density at radius 3 is 2.28 bits per heavy atom. The highest BCUT2D eigenvalue weighted by molar-refractivity contribution is 5.69. The summed E-state index contributed by atoms with van der Waals surface area (Å²) in [7, 11) is 0. The van der Waals surface area contributed by atoms with E-state index in [4.69, 9.17) is 15.2 Å². The van der Waals surface area contributed by atoms with Gasteiger partial charge in [0.2, 0.25) is 0 Å². The first-order valence-corrected chi connectivity index (χ1v) is 6.68. The smallest absolute Gasteiger partial charge is 0.306 e. The largest absolute Gasteiger partial charge is 0.460 e. The molecule has 0 radical (unpaired) electrons. The zero-order valence-electron chi connectivity index (χ0n) is 12.7. The Balaban J connectivity index is 3.85. The molecule has 0 amide bonds. The Kier molecular flexibility index (Phi) is 6.86. The number of carbonyl (C=O) groups excluding carboxylic acids is 1. The van der Waals surface area contributed by atoms with Crippen LogP contribution in [0.2, 0.25) is 0 Å².